The van der Waals surface area contributed by atoms with Crippen molar-refractivity contribution in [1.29, 1.82) is 0 Å². The molecule has 0 aromatic heterocycles. The Balaban J connectivity index is 1.84. The van der Waals surface area contributed by atoms with Crippen molar-refractivity contribution in [2.24, 2.45) is 0 Å². The molecule has 0 radical (unpaired) electrons. The maximum absolute atomic E-state index is 12.8. The van der Waals surface area contributed by atoms with E-state index in [0.29, 0.717) is 31.4 Å². The summed E-state index contributed by atoms with van der Waals surface area (Å²) < 4.78 is 38.4. The molecule has 1 heterocycles. The summed E-state index contributed by atoms with van der Waals surface area (Å²) in [4.78, 5) is 36.5. The zero-order valence-corrected chi connectivity index (χ0v) is 16.7. The van der Waals surface area contributed by atoms with Crippen molar-refractivity contribution in [1.82, 2.24) is 4.90 Å². The third-order valence-electron chi connectivity index (χ3n) is 4.99. The number of carbonyl (C=O) groups is 3. The number of carboxylic acids is 1. The van der Waals surface area contributed by atoms with Crippen molar-refractivity contribution in [3.8, 4) is 0 Å². The number of carboxylic acid groups (broad SMARTS) is 1. The highest BCUT2D eigenvalue weighted by atomic mass is 19.4. The summed E-state index contributed by atoms with van der Waals surface area (Å²) >= 11 is 0. The second kappa shape index (κ2) is 10.9. The molecule has 1 saturated heterocycles. The van der Waals surface area contributed by atoms with E-state index in [4.69, 9.17) is 5.11 Å². The molecule has 1 aliphatic rings. The van der Waals surface area contributed by atoms with Crippen LogP contribution in [0, 0.1) is 0 Å². The van der Waals surface area contributed by atoms with Crippen molar-refractivity contribution < 1.29 is 32.7 Å². The lowest BCUT2D eigenvalue weighted by Gasteiger charge is -2.18. The van der Waals surface area contributed by atoms with Crippen molar-refractivity contribution in [2.75, 3.05) is 6.54 Å². The van der Waals surface area contributed by atoms with Gasteiger partial charge >= 0.3 is 12.1 Å². The first-order valence-corrected chi connectivity index (χ1v) is 10.1. The highest BCUT2D eigenvalue weighted by molar-refractivity contribution is 5.84. The Bertz CT molecular complexity index is 802. The smallest absolute Gasteiger partial charge is 0.416 e. The molecule has 1 N–H and O–H groups in total. The Morgan fingerprint density at radius 2 is 1.83 bits per heavy atom. The van der Waals surface area contributed by atoms with Gasteiger partial charge in [-0.1, -0.05) is 37.1 Å². The lowest BCUT2D eigenvalue weighted by Crippen LogP contribution is -2.24. The first-order chi connectivity index (χ1) is 14.2. The summed E-state index contributed by atoms with van der Waals surface area (Å²) in [6, 6.07) is 4.74. The summed E-state index contributed by atoms with van der Waals surface area (Å²) in [6.45, 7) is 0.527. The van der Waals surface area contributed by atoms with Gasteiger partial charge in [-0.15, -0.1) is 0 Å². The number of likely N-dealkylation sites (tertiary alicyclic amines) is 1. The normalized spacial score (nSPS) is 15.8. The van der Waals surface area contributed by atoms with E-state index >= 15 is 0 Å². The number of halogens is 3. The van der Waals surface area contributed by atoms with E-state index in [1.807, 2.05) is 0 Å². The van der Waals surface area contributed by atoms with Crippen molar-refractivity contribution in [3.05, 3.63) is 47.2 Å². The molecule has 0 aliphatic carbocycles. The summed E-state index contributed by atoms with van der Waals surface area (Å²) in [7, 11) is 0. The molecule has 0 spiro atoms. The highest BCUT2D eigenvalue weighted by Crippen LogP contribution is 2.30. The van der Waals surface area contributed by atoms with Crippen molar-refractivity contribution in [2.45, 2.75) is 64.0 Å². The molecule has 0 unspecified atom stereocenters. The topological polar surface area (TPSA) is 74.7 Å². The third kappa shape index (κ3) is 7.65. The van der Waals surface area contributed by atoms with Crippen LogP contribution in [0.15, 0.2) is 36.0 Å². The summed E-state index contributed by atoms with van der Waals surface area (Å²) in [6.07, 6.45) is 1.26. The van der Waals surface area contributed by atoms with Gasteiger partial charge in [-0.05, 0) is 30.9 Å². The van der Waals surface area contributed by atoms with Gasteiger partial charge in [-0.2, -0.15) is 13.2 Å². The monoisotopic (exact) mass is 425 g/mol. The number of unbranched alkanes of at least 4 members (excludes halogenated alkanes) is 3. The van der Waals surface area contributed by atoms with E-state index in [1.165, 1.54) is 12.1 Å². The van der Waals surface area contributed by atoms with Crippen LogP contribution in [0.1, 0.15) is 62.5 Å². The minimum Gasteiger partial charge on any atom is -0.481 e. The maximum Gasteiger partial charge on any atom is 0.416 e. The standard InChI is InChI=1S/C22H26F3NO4/c23-22(24,25)17-7-5-6-16(14-17)15-19(27)11-9-18-10-12-20(28)26(18)13-4-2-1-3-8-21(29)30/h5-7,9,14H,1-4,8,10-13,15H2,(H,29,30). The van der Waals surface area contributed by atoms with Gasteiger partial charge in [0, 0.05) is 37.9 Å². The molecule has 1 amide bonds. The number of ketones is 1. The lowest BCUT2D eigenvalue weighted by atomic mass is 10.0. The molecule has 1 aromatic carbocycles. The average Bonchev–Trinajstić information content (AvgIpc) is 3.02. The Morgan fingerprint density at radius 3 is 2.53 bits per heavy atom. The second-order valence-corrected chi connectivity index (χ2v) is 7.42. The van der Waals surface area contributed by atoms with Crippen LogP contribution in [0.4, 0.5) is 13.2 Å². The first-order valence-electron chi connectivity index (χ1n) is 10.1. The van der Waals surface area contributed by atoms with Crippen LogP contribution in [0.2, 0.25) is 0 Å². The van der Waals surface area contributed by atoms with Crippen molar-refractivity contribution >= 4 is 17.7 Å². The van der Waals surface area contributed by atoms with Gasteiger partial charge in [0.25, 0.3) is 0 Å². The minimum absolute atomic E-state index is 0.00267. The quantitative estimate of drug-likeness (QED) is 0.519. The molecule has 2 rings (SSSR count). The Hall–Kier alpha value is -2.64. The van der Waals surface area contributed by atoms with E-state index in [9.17, 15) is 27.6 Å². The Labute approximate surface area is 173 Å². The van der Waals surface area contributed by atoms with E-state index in [1.54, 1.807) is 11.0 Å². The van der Waals surface area contributed by atoms with Crippen LogP contribution in [0.5, 0.6) is 0 Å². The van der Waals surface area contributed by atoms with Gasteiger partial charge in [0.15, 0.2) is 0 Å². The van der Waals surface area contributed by atoms with E-state index < -0.39 is 17.7 Å². The number of hydrogen-bond donors (Lipinski definition) is 1. The number of nitrogens with zero attached hydrogens (tertiary/aromatic N) is 1. The molecule has 1 fully saturated rings. The van der Waals surface area contributed by atoms with Crippen LogP contribution in [0.3, 0.4) is 0 Å². The molecule has 0 atom stereocenters. The minimum atomic E-state index is -4.45. The van der Waals surface area contributed by atoms with E-state index in [-0.39, 0.29) is 31.0 Å². The first kappa shape index (κ1) is 23.6. The average molecular weight is 425 g/mol. The maximum atomic E-state index is 12.8. The number of alkyl halides is 3. The summed E-state index contributed by atoms with van der Waals surface area (Å²) in [5.41, 5.74) is 0.318. The van der Waals surface area contributed by atoms with Gasteiger partial charge in [0.1, 0.15) is 5.78 Å². The molecule has 0 bridgehead atoms. The molecule has 30 heavy (non-hydrogen) atoms. The fourth-order valence-electron chi connectivity index (χ4n) is 3.43. The number of allylic oxidation sites excluding steroid dienone is 2. The molecule has 1 aliphatic heterocycles. The zero-order valence-electron chi connectivity index (χ0n) is 16.7. The number of hydrogen-bond acceptors (Lipinski definition) is 3. The van der Waals surface area contributed by atoms with Gasteiger partial charge in [-0.3, -0.25) is 14.4 Å². The summed E-state index contributed by atoms with van der Waals surface area (Å²) in [5, 5.41) is 8.62. The van der Waals surface area contributed by atoms with Gasteiger partial charge in [0.05, 0.1) is 5.56 Å². The van der Waals surface area contributed by atoms with Crippen LogP contribution in [-0.4, -0.2) is 34.2 Å². The predicted molar refractivity (Wildman–Crippen MR) is 105 cm³/mol. The Morgan fingerprint density at radius 1 is 1.10 bits per heavy atom. The molecule has 8 heteroatoms. The molecule has 164 valence electrons. The zero-order chi connectivity index (χ0) is 22.1. The van der Waals surface area contributed by atoms with Gasteiger partial charge < -0.3 is 10.0 Å². The fraction of sp³-hybridized carbons (Fsp3) is 0.500. The van der Waals surface area contributed by atoms with Crippen LogP contribution in [0.25, 0.3) is 0 Å². The molecular weight excluding hydrogens is 399 g/mol. The molecular formula is C22H26F3NO4. The number of carbonyl (C=O) groups excluding carboxylic acids is 2. The number of Topliss-reactive ketones (excluding diaryl/α,β-unsaturated/α-hetero) is 1. The van der Waals surface area contributed by atoms with Crippen LogP contribution in [-0.2, 0) is 27.0 Å². The molecule has 1 aromatic rings. The van der Waals surface area contributed by atoms with Crippen molar-refractivity contribution in [3.63, 3.8) is 0 Å². The van der Waals surface area contributed by atoms with Gasteiger partial charge in [0.2, 0.25) is 5.91 Å². The molecule has 5 nitrogen and oxygen atoms in total. The third-order valence-corrected chi connectivity index (χ3v) is 4.99. The Kier molecular flexibility index (Phi) is 8.62. The SMILES string of the molecule is O=C(O)CCCCCCN1C(=O)CCC1=CCC(=O)Cc1cccc(C(F)(F)F)c1. The lowest BCUT2D eigenvalue weighted by molar-refractivity contribution is -0.138. The number of amides is 1. The predicted octanol–water partition coefficient (Wildman–Crippen LogP) is 4.75. The second-order valence-electron chi connectivity index (χ2n) is 7.42. The highest BCUT2D eigenvalue weighted by Gasteiger charge is 2.30. The van der Waals surface area contributed by atoms with Crippen LogP contribution >= 0.6 is 0 Å². The fourth-order valence-corrected chi connectivity index (χ4v) is 3.43. The number of benzene rings is 1. The molecule has 0 saturated carbocycles. The number of aliphatic carboxylic acids is 1. The largest absolute Gasteiger partial charge is 0.481 e. The van der Waals surface area contributed by atoms with E-state index in [0.717, 1.165) is 37.1 Å². The summed E-state index contributed by atoms with van der Waals surface area (Å²) in [5.74, 6) is -1.03. The van der Waals surface area contributed by atoms with Gasteiger partial charge in [-0.25, -0.2) is 0 Å². The van der Waals surface area contributed by atoms with E-state index in [2.05, 4.69) is 0 Å². The number of rotatable bonds is 11. The van der Waals surface area contributed by atoms with Crippen LogP contribution < -0.4 is 0 Å².